The minimum absolute atomic E-state index is 0.0404. The molecule has 0 atom stereocenters. The van der Waals surface area contributed by atoms with Gasteiger partial charge in [-0.15, -0.1) is 0 Å². The molecule has 0 aliphatic heterocycles. The number of hydrogen-bond acceptors (Lipinski definition) is 2. The second-order valence-electron chi connectivity index (χ2n) is 7.85. The van der Waals surface area contributed by atoms with E-state index in [-0.39, 0.29) is 12.4 Å². The zero-order valence-electron chi connectivity index (χ0n) is 18.6. The molecule has 0 aliphatic rings. The molecule has 0 bridgehead atoms. The third kappa shape index (κ3) is 5.03. The molecule has 0 spiro atoms. The van der Waals surface area contributed by atoms with Crippen LogP contribution >= 0.6 is 0 Å². The molecule has 4 aromatic rings. The Kier molecular flexibility index (Phi) is 6.54. The molecule has 0 fully saturated rings. The molecule has 174 valence electrons. The van der Waals surface area contributed by atoms with Crippen molar-refractivity contribution in [3.63, 3.8) is 0 Å². The predicted octanol–water partition coefficient (Wildman–Crippen LogP) is 7.55. The molecule has 1 heterocycles. The van der Waals surface area contributed by atoms with Crippen LogP contribution in [-0.2, 0) is 17.6 Å². The average molecular weight is 466 g/mol. The summed E-state index contributed by atoms with van der Waals surface area (Å²) in [6.07, 6.45) is -4.38. The number of nitrogens with zero attached hydrogens (tertiary/aromatic N) is 2. The first-order chi connectivity index (χ1) is 16.2. The normalized spacial score (nSPS) is 12.1. The number of rotatable bonds is 6. The quantitative estimate of drug-likeness (QED) is 0.164. The summed E-state index contributed by atoms with van der Waals surface area (Å²) < 4.78 is 53.8. The van der Waals surface area contributed by atoms with E-state index in [1.54, 1.807) is 19.1 Å². The van der Waals surface area contributed by atoms with Crippen LogP contribution in [-0.4, -0.2) is 10.3 Å². The first-order valence-corrected chi connectivity index (χ1v) is 10.6. The van der Waals surface area contributed by atoms with E-state index in [9.17, 15) is 17.6 Å². The van der Waals surface area contributed by atoms with Crippen molar-refractivity contribution >= 4 is 5.71 Å². The zero-order valence-corrected chi connectivity index (χ0v) is 18.6. The Bertz CT molecular complexity index is 1290. The lowest BCUT2D eigenvalue weighted by Crippen LogP contribution is -2.04. The summed E-state index contributed by atoms with van der Waals surface area (Å²) in [5.41, 5.74) is 4.92. The molecule has 1 aromatic heterocycles. The fourth-order valence-corrected chi connectivity index (χ4v) is 3.76. The van der Waals surface area contributed by atoms with Crippen molar-refractivity contribution in [2.24, 2.45) is 5.16 Å². The molecule has 7 heteroatoms. The van der Waals surface area contributed by atoms with E-state index in [4.69, 9.17) is 4.84 Å². The van der Waals surface area contributed by atoms with E-state index < -0.39 is 11.7 Å². The van der Waals surface area contributed by atoms with Gasteiger partial charge in [-0.05, 0) is 79.6 Å². The number of benzene rings is 3. The van der Waals surface area contributed by atoms with Gasteiger partial charge in [0.15, 0.2) is 0 Å². The summed E-state index contributed by atoms with van der Waals surface area (Å²) in [6.45, 7) is 3.81. The first kappa shape index (κ1) is 23.3. The van der Waals surface area contributed by atoms with Crippen molar-refractivity contribution in [2.45, 2.75) is 26.6 Å². The minimum Gasteiger partial charge on any atom is -0.391 e. The van der Waals surface area contributed by atoms with E-state index in [2.05, 4.69) is 9.72 Å². The van der Waals surface area contributed by atoms with Crippen molar-refractivity contribution in [2.75, 3.05) is 0 Å². The topological polar surface area (TPSA) is 26.5 Å². The van der Waals surface area contributed by atoms with Gasteiger partial charge < -0.3 is 9.40 Å². The van der Waals surface area contributed by atoms with Crippen LogP contribution in [0.2, 0.25) is 0 Å². The number of oxime groups is 1. The van der Waals surface area contributed by atoms with Crippen molar-refractivity contribution in [3.8, 4) is 16.9 Å². The fourth-order valence-electron chi connectivity index (χ4n) is 3.76. The molecular weight excluding hydrogens is 444 g/mol. The van der Waals surface area contributed by atoms with Crippen LogP contribution in [0.15, 0.2) is 90.1 Å². The zero-order chi connectivity index (χ0) is 24.3. The maximum absolute atomic E-state index is 13.5. The van der Waals surface area contributed by atoms with Crippen molar-refractivity contribution < 1.29 is 22.4 Å². The summed E-state index contributed by atoms with van der Waals surface area (Å²) in [4.78, 5) is 5.44. The second-order valence-corrected chi connectivity index (χ2v) is 7.85. The predicted molar refractivity (Wildman–Crippen MR) is 124 cm³/mol. The van der Waals surface area contributed by atoms with Gasteiger partial charge in [-0.3, -0.25) is 0 Å². The van der Waals surface area contributed by atoms with Crippen LogP contribution < -0.4 is 0 Å². The highest BCUT2D eigenvalue weighted by Crippen LogP contribution is 2.31. The van der Waals surface area contributed by atoms with Gasteiger partial charge in [0.1, 0.15) is 12.4 Å². The molecule has 0 unspecified atom stereocenters. The number of alkyl halides is 3. The third-order valence-corrected chi connectivity index (χ3v) is 5.51. The van der Waals surface area contributed by atoms with Crippen molar-refractivity contribution in [1.29, 1.82) is 0 Å². The van der Waals surface area contributed by atoms with Crippen LogP contribution in [0.3, 0.4) is 0 Å². The largest absolute Gasteiger partial charge is 0.416 e. The molecule has 0 radical (unpaired) electrons. The van der Waals surface area contributed by atoms with E-state index in [0.717, 1.165) is 40.3 Å². The number of para-hydroxylation sites is 1. The molecule has 3 nitrogen and oxygen atoms in total. The molecule has 0 amide bonds. The van der Waals surface area contributed by atoms with E-state index in [1.807, 2.05) is 43.3 Å². The van der Waals surface area contributed by atoms with Gasteiger partial charge in [-0.25, -0.2) is 4.39 Å². The molecule has 0 saturated heterocycles. The van der Waals surface area contributed by atoms with Crippen LogP contribution in [0.5, 0.6) is 0 Å². The van der Waals surface area contributed by atoms with Gasteiger partial charge in [-0.1, -0.05) is 35.5 Å². The van der Waals surface area contributed by atoms with E-state index >= 15 is 0 Å². The Labute approximate surface area is 194 Å². The number of aromatic nitrogens is 1. The van der Waals surface area contributed by atoms with Crippen LogP contribution in [0.25, 0.3) is 16.9 Å². The van der Waals surface area contributed by atoms with Gasteiger partial charge in [0.2, 0.25) is 0 Å². The number of halogens is 4. The van der Waals surface area contributed by atoms with Gasteiger partial charge in [0.05, 0.1) is 17.0 Å². The van der Waals surface area contributed by atoms with Crippen LogP contribution in [0.4, 0.5) is 17.6 Å². The lowest BCUT2D eigenvalue weighted by molar-refractivity contribution is -0.137. The standard InChI is InChI=1S/C27H22F4N2O/c1-18(32-34-17-20-8-12-22(13-9-20)27(29,30)31)25-16-26(21-10-14-23(28)15-11-21)33(19(25)2)24-6-4-3-5-7-24/h3-16H,17H2,1-2H3/b32-18-. The Morgan fingerprint density at radius 3 is 2.18 bits per heavy atom. The van der Waals surface area contributed by atoms with E-state index in [0.29, 0.717) is 11.3 Å². The SMILES string of the molecule is C/C(=N/OCc1ccc(C(F)(F)F)cc1)c1cc(-c2ccc(F)cc2)n(-c2ccccc2)c1C. The summed E-state index contributed by atoms with van der Waals surface area (Å²) in [6, 6.07) is 22.8. The highest BCUT2D eigenvalue weighted by Gasteiger charge is 2.29. The molecule has 0 aliphatic carbocycles. The molecule has 4 rings (SSSR count). The molecule has 0 saturated carbocycles. The second kappa shape index (κ2) is 9.55. The summed E-state index contributed by atoms with van der Waals surface area (Å²) in [7, 11) is 0. The Morgan fingerprint density at radius 1 is 0.912 bits per heavy atom. The summed E-state index contributed by atoms with van der Waals surface area (Å²) in [5, 5.41) is 4.20. The van der Waals surface area contributed by atoms with Gasteiger partial charge in [0, 0.05) is 16.9 Å². The van der Waals surface area contributed by atoms with Gasteiger partial charge >= 0.3 is 6.18 Å². The van der Waals surface area contributed by atoms with Gasteiger partial charge in [-0.2, -0.15) is 13.2 Å². The molecule has 3 aromatic carbocycles. The Morgan fingerprint density at radius 2 is 1.56 bits per heavy atom. The maximum Gasteiger partial charge on any atom is 0.416 e. The highest BCUT2D eigenvalue weighted by molar-refractivity contribution is 6.01. The van der Waals surface area contributed by atoms with Crippen molar-refractivity contribution in [1.82, 2.24) is 4.57 Å². The Hall–Kier alpha value is -3.87. The summed E-state index contributed by atoms with van der Waals surface area (Å²) in [5.74, 6) is -0.312. The fraction of sp³-hybridized carbons (Fsp3) is 0.148. The maximum atomic E-state index is 13.5. The molecule has 34 heavy (non-hydrogen) atoms. The highest BCUT2D eigenvalue weighted by atomic mass is 19.4. The van der Waals surface area contributed by atoms with Crippen LogP contribution in [0, 0.1) is 12.7 Å². The summed E-state index contributed by atoms with van der Waals surface area (Å²) >= 11 is 0. The lowest BCUT2D eigenvalue weighted by atomic mass is 10.1. The Balaban J connectivity index is 1.62. The first-order valence-electron chi connectivity index (χ1n) is 10.6. The van der Waals surface area contributed by atoms with Crippen LogP contribution in [0.1, 0.15) is 29.3 Å². The molecular formula is C27H22F4N2O. The molecule has 0 N–H and O–H groups in total. The average Bonchev–Trinajstić information content (AvgIpc) is 3.17. The van der Waals surface area contributed by atoms with E-state index in [1.165, 1.54) is 24.3 Å². The minimum atomic E-state index is -4.38. The lowest BCUT2D eigenvalue weighted by Gasteiger charge is -2.12. The van der Waals surface area contributed by atoms with Crippen molar-refractivity contribution in [3.05, 3.63) is 113 Å². The third-order valence-electron chi connectivity index (χ3n) is 5.51. The van der Waals surface area contributed by atoms with Gasteiger partial charge in [0.25, 0.3) is 0 Å². The number of hydrogen-bond donors (Lipinski definition) is 0. The monoisotopic (exact) mass is 466 g/mol. The smallest absolute Gasteiger partial charge is 0.391 e.